The van der Waals surface area contributed by atoms with Crippen LogP contribution in [0.4, 0.5) is 0 Å². The quantitative estimate of drug-likeness (QED) is 0.817. The summed E-state index contributed by atoms with van der Waals surface area (Å²) >= 11 is 0. The molecule has 17 heavy (non-hydrogen) atoms. The molecule has 0 saturated carbocycles. The van der Waals surface area contributed by atoms with Crippen molar-refractivity contribution in [3.63, 3.8) is 0 Å². The van der Waals surface area contributed by atoms with Crippen molar-refractivity contribution in [2.45, 2.75) is 11.3 Å². The van der Waals surface area contributed by atoms with E-state index in [-0.39, 0.29) is 17.3 Å². The van der Waals surface area contributed by atoms with Crippen LogP contribution in [0, 0.1) is 0 Å². The maximum atomic E-state index is 12.2. The van der Waals surface area contributed by atoms with Crippen molar-refractivity contribution >= 4 is 22.4 Å². The Balaban J connectivity index is 0.00000144. The van der Waals surface area contributed by atoms with Crippen molar-refractivity contribution in [2.24, 2.45) is 7.05 Å². The summed E-state index contributed by atoms with van der Waals surface area (Å²) in [4.78, 5) is 0.275. The summed E-state index contributed by atoms with van der Waals surface area (Å²) in [5.74, 6) is 0. The van der Waals surface area contributed by atoms with E-state index in [1.807, 2.05) is 0 Å². The molecule has 0 aromatic carbocycles. The van der Waals surface area contributed by atoms with Gasteiger partial charge in [0.1, 0.15) is 4.90 Å². The minimum Gasteiger partial charge on any atom is -0.315 e. The van der Waals surface area contributed by atoms with Crippen LogP contribution in [0.1, 0.15) is 6.42 Å². The molecular formula is C9H17ClN4O2S. The fourth-order valence-electron chi connectivity index (χ4n) is 1.74. The van der Waals surface area contributed by atoms with E-state index in [4.69, 9.17) is 0 Å². The van der Waals surface area contributed by atoms with E-state index in [9.17, 15) is 8.42 Å². The van der Waals surface area contributed by atoms with Crippen molar-refractivity contribution in [3.05, 3.63) is 12.4 Å². The Kier molecular flexibility index (Phi) is 4.93. The normalized spacial score (nSPS) is 18.4. The first kappa shape index (κ1) is 14.4. The monoisotopic (exact) mass is 280 g/mol. The molecule has 1 saturated heterocycles. The van der Waals surface area contributed by atoms with Gasteiger partial charge in [-0.05, 0) is 13.0 Å². The zero-order valence-electron chi connectivity index (χ0n) is 9.66. The molecule has 8 heteroatoms. The van der Waals surface area contributed by atoms with Crippen molar-refractivity contribution < 1.29 is 8.42 Å². The van der Waals surface area contributed by atoms with Gasteiger partial charge in [-0.15, -0.1) is 12.4 Å². The van der Waals surface area contributed by atoms with Crippen LogP contribution in [0.2, 0.25) is 0 Å². The number of hydrogen-bond donors (Lipinski definition) is 1. The summed E-state index contributed by atoms with van der Waals surface area (Å²) in [5, 5.41) is 7.08. The first-order valence-electron chi connectivity index (χ1n) is 5.30. The van der Waals surface area contributed by atoms with Gasteiger partial charge in [0, 0.05) is 32.9 Å². The minimum atomic E-state index is -3.35. The second-order valence-corrected chi connectivity index (χ2v) is 5.80. The van der Waals surface area contributed by atoms with Crippen LogP contribution in [-0.4, -0.2) is 48.7 Å². The molecule has 0 spiro atoms. The summed E-state index contributed by atoms with van der Waals surface area (Å²) in [6, 6.07) is 0. The molecule has 1 N–H and O–H groups in total. The maximum absolute atomic E-state index is 12.2. The first-order valence-corrected chi connectivity index (χ1v) is 6.74. The molecule has 0 amide bonds. The Bertz CT molecular complexity index is 451. The molecule has 2 rings (SSSR count). The van der Waals surface area contributed by atoms with Crippen molar-refractivity contribution in [1.29, 1.82) is 0 Å². The number of nitrogens with one attached hydrogen (secondary N) is 1. The predicted octanol–water partition coefficient (Wildman–Crippen LogP) is -0.174. The largest absolute Gasteiger partial charge is 0.315 e. The van der Waals surface area contributed by atoms with E-state index < -0.39 is 10.0 Å². The van der Waals surface area contributed by atoms with E-state index in [0.717, 1.165) is 13.0 Å². The standard InChI is InChI=1S/C9H16N4O2S.ClH/c1-12-8-9(7-11-12)16(14,15)13-5-2-3-10-4-6-13;/h7-8,10H,2-6H2,1H3;1H. The fourth-order valence-corrected chi connectivity index (χ4v) is 3.21. The maximum Gasteiger partial charge on any atom is 0.246 e. The minimum absolute atomic E-state index is 0. The molecule has 0 unspecified atom stereocenters. The molecule has 0 radical (unpaired) electrons. The zero-order chi connectivity index (χ0) is 11.6. The molecule has 1 aromatic heterocycles. The van der Waals surface area contributed by atoms with Gasteiger partial charge in [0.05, 0.1) is 6.20 Å². The van der Waals surface area contributed by atoms with Crippen molar-refractivity contribution in [2.75, 3.05) is 26.2 Å². The van der Waals surface area contributed by atoms with Gasteiger partial charge in [0.2, 0.25) is 10.0 Å². The number of sulfonamides is 1. The van der Waals surface area contributed by atoms with E-state index in [1.165, 1.54) is 21.4 Å². The molecule has 0 atom stereocenters. The molecular weight excluding hydrogens is 264 g/mol. The zero-order valence-corrected chi connectivity index (χ0v) is 11.3. The lowest BCUT2D eigenvalue weighted by molar-refractivity contribution is 0.432. The fraction of sp³-hybridized carbons (Fsp3) is 0.667. The van der Waals surface area contributed by atoms with Gasteiger partial charge in [-0.25, -0.2) is 8.42 Å². The Labute approximate surface area is 107 Å². The highest BCUT2D eigenvalue weighted by atomic mass is 35.5. The first-order chi connectivity index (χ1) is 7.60. The number of hydrogen-bond acceptors (Lipinski definition) is 4. The molecule has 0 bridgehead atoms. The van der Waals surface area contributed by atoms with Gasteiger partial charge in [-0.1, -0.05) is 0 Å². The summed E-state index contributed by atoms with van der Waals surface area (Å²) in [6.45, 7) is 2.68. The third-order valence-electron chi connectivity index (χ3n) is 2.62. The van der Waals surface area contributed by atoms with Gasteiger partial charge in [-0.3, -0.25) is 4.68 Å². The van der Waals surface area contributed by atoms with E-state index in [0.29, 0.717) is 19.6 Å². The molecule has 6 nitrogen and oxygen atoms in total. The molecule has 98 valence electrons. The van der Waals surface area contributed by atoms with Crippen molar-refractivity contribution in [3.8, 4) is 0 Å². The Morgan fingerprint density at radius 2 is 2.12 bits per heavy atom. The average Bonchev–Trinajstić information content (AvgIpc) is 2.54. The van der Waals surface area contributed by atoms with Crippen LogP contribution in [0.25, 0.3) is 0 Å². The number of nitrogens with zero attached hydrogens (tertiary/aromatic N) is 3. The Hall–Kier alpha value is -0.630. The third kappa shape index (κ3) is 3.19. The van der Waals surface area contributed by atoms with Crippen LogP contribution in [0.15, 0.2) is 17.3 Å². The average molecular weight is 281 g/mol. The molecule has 2 heterocycles. The molecule has 1 aliphatic heterocycles. The highest BCUT2D eigenvalue weighted by molar-refractivity contribution is 7.89. The lowest BCUT2D eigenvalue weighted by Crippen LogP contribution is -2.34. The molecule has 1 fully saturated rings. The van der Waals surface area contributed by atoms with Crippen LogP contribution in [0.5, 0.6) is 0 Å². The summed E-state index contributed by atoms with van der Waals surface area (Å²) in [5.41, 5.74) is 0. The highest BCUT2D eigenvalue weighted by Crippen LogP contribution is 2.15. The van der Waals surface area contributed by atoms with Gasteiger partial charge in [0.25, 0.3) is 0 Å². The van der Waals surface area contributed by atoms with E-state index in [2.05, 4.69) is 10.4 Å². The second kappa shape index (κ2) is 5.81. The van der Waals surface area contributed by atoms with E-state index >= 15 is 0 Å². The number of halogens is 1. The van der Waals surface area contributed by atoms with Crippen LogP contribution < -0.4 is 5.32 Å². The van der Waals surface area contributed by atoms with Crippen LogP contribution >= 0.6 is 12.4 Å². The SMILES string of the molecule is Cl.Cn1cc(S(=O)(=O)N2CCCNCC2)cn1. The third-order valence-corrected chi connectivity index (χ3v) is 4.47. The number of aromatic nitrogens is 2. The Morgan fingerprint density at radius 1 is 1.35 bits per heavy atom. The highest BCUT2D eigenvalue weighted by Gasteiger charge is 2.25. The number of rotatable bonds is 2. The lowest BCUT2D eigenvalue weighted by Gasteiger charge is -2.18. The Morgan fingerprint density at radius 3 is 2.76 bits per heavy atom. The van der Waals surface area contributed by atoms with Gasteiger partial charge in [-0.2, -0.15) is 9.40 Å². The van der Waals surface area contributed by atoms with Crippen LogP contribution in [0.3, 0.4) is 0 Å². The molecule has 0 aliphatic carbocycles. The van der Waals surface area contributed by atoms with Crippen molar-refractivity contribution in [1.82, 2.24) is 19.4 Å². The van der Waals surface area contributed by atoms with E-state index in [1.54, 1.807) is 7.05 Å². The predicted molar refractivity (Wildman–Crippen MR) is 66.7 cm³/mol. The van der Waals surface area contributed by atoms with Gasteiger partial charge < -0.3 is 5.32 Å². The molecule has 1 aromatic rings. The lowest BCUT2D eigenvalue weighted by atomic mass is 10.4. The van der Waals surface area contributed by atoms with Crippen LogP contribution in [-0.2, 0) is 17.1 Å². The summed E-state index contributed by atoms with van der Waals surface area (Å²) in [6.07, 6.45) is 3.78. The number of aryl methyl sites for hydroxylation is 1. The smallest absolute Gasteiger partial charge is 0.246 e. The van der Waals surface area contributed by atoms with Gasteiger partial charge in [0.15, 0.2) is 0 Å². The summed E-state index contributed by atoms with van der Waals surface area (Å²) in [7, 11) is -1.64. The topological polar surface area (TPSA) is 67.2 Å². The second-order valence-electron chi connectivity index (χ2n) is 3.86. The van der Waals surface area contributed by atoms with Gasteiger partial charge >= 0.3 is 0 Å². The summed E-state index contributed by atoms with van der Waals surface area (Å²) < 4.78 is 27.4. The molecule has 1 aliphatic rings.